The molecule has 6 heteroatoms. The van der Waals surface area contributed by atoms with Crippen molar-refractivity contribution in [3.05, 3.63) is 0 Å². The van der Waals surface area contributed by atoms with Crippen molar-refractivity contribution in [3.8, 4) is 0 Å². The second-order valence-corrected chi connectivity index (χ2v) is 7.04. The van der Waals surface area contributed by atoms with Gasteiger partial charge < -0.3 is 10.6 Å². The Labute approximate surface area is 98.6 Å². The van der Waals surface area contributed by atoms with Crippen LogP contribution in [0.2, 0.25) is 0 Å². The van der Waals surface area contributed by atoms with E-state index in [0.717, 1.165) is 12.8 Å². The van der Waals surface area contributed by atoms with Gasteiger partial charge in [-0.3, -0.25) is 0 Å². The van der Waals surface area contributed by atoms with Crippen LogP contribution in [0.25, 0.3) is 0 Å². The molecule has 0 saturated carbocycles. The molecule has 96 valence electrons. The predicted molar refractivity (Wildman–Crippen MR) is 65.7 cm³/mol. The van der Waals surface area contributed by atoms with Gasteiger partial charge in [-0.05, 0) is 33.9 Å². The zero-order valence-corrected chi connectivity index (χ0v) is 11.2. The molecular weight excluding hydrogens is 226 g/mol. The Balaban J connectivity index is 2.60. The van der Waals surface area contributed by atoms with E-state index in [2.05, 4.69) is 4.90 Å². The van der Waals surface area contributed by atoms with Gasteiger partial charge >= 0.3 is 0 Å². The van der Waals surface area contributed by atoms with Crippen molar-refractivity contribution in [2.45, 2.75) is 31.1 Å². The van der Waals surface area contributed by atoms with E-state index in [1.54, 1.807) is 11.2 Å². The maximum absolute atomic E-state index is 12.0. The minimum Gasteiger partial charge on any atom is -0.329 e. The Morgan fingerprint density at radius 1 is 1.38 bits per heavy atom. The highest BCUT2D eigenvalue weighted by Crippen LogP contribution is 2.19. The summed E-state index contributed by atoms with van der Waals surface area (Å²) in [5.41, 5.74) is 5.43. The SMILES string of the molecule is CC(CN)S(=O)(=O)N1CCC(N(C)C)CC1. The fourth-order valence-corrected chi connectivity index (χ4v) is 3.46. The van der Waals surface area contributed by atoms with Crippen LogP contribution in [0, 0.1) is 0 Å². The summed E-state index contributed by atoms with van der Waals surface area (Å²) in [7, 11) is 0.907. The molecule has 0 aromatic heterocycles. The topological polar surface area (TPSA) is 66.6 Å². The number of hydrogen-bond donors (Lipinski definition) is 1. The molecule has 0 aromatic rings. The maximum Gasteiger partial charge on any atom is 0.217 e. The monoisotopic (exact) mass is 249 g/mol. The van der Waals surface area contributed by atoms with E-state index in [1.165, 1.54) is 0 Å². The van der Waals surface area contributed by atoms with Gasteiger partial charge in [0.1, 0.15) is 0 Å². The first-order valence-electron chi connectivity index (χ1n) is 5.75. The fourth-order valence-electron chi connectivity index (χ4n) is 1.99. The highest BCUT2D eigenvalue weighted by atomic mass is 32.2. The molecule has 2 N–H and O–H groups in total. The van der Waals surface area contributed by atoms with Gasteiger partial charge in [0, 0.05) is 25.7 Å². The molecule has 1 fully saturated rings. The van der Waals surface area contributed by atoms with Crippen molar-refractivity contribution >= 4 is 10.0 Å². The van der Waals surface area contributed by atoms with E-state index in [9.17, 15) is 8.42 Å². The maximum atomic E-state index is 12.0. The van der Waals surface area contributed by atoms with E-state index in [4.69, 9.17) is 5.73 Å². The van der Waals surface area contributed by atoms with Gasteiger partial charge in [-0.25, -0.2) is 12.7 Å². The van der Waals surface area contributed by atoms with Crippen LogP contribution in [0.15, 0.2) is 0 Å². The minimum atomic E-state index is -3.17. The summed E-state index contributed by atoms with van der Waals surface area (Å²) in [5, 5.41) is -0.469. The lowest BCUT2D eigenvalue weighted by Gasteiger charge is -2.35. The summed E-state index contributed by atoms with van der Waals surface area (Å²) in [6.45, 7) is 3.11. The summed E-state index contributed by atoms with van der Waals surface area (Å²) < 4.78 is 25.6. The number of hydrogen-bond acceptors (Lipinski definition) is 4. The van der Waals surface area contributed by atoms with Crippen LogP contribution in [-0.4, -0.2) is 62.6 Å². The lowest BCUT2D eigenvalue weighted by molar-refractivity contribution is 0.196. The van der Waals surface area contributed by atoms with Gasteiger partial charge in [-0.1, -0.05) is 0 Å². The molecule has 0 aromatic carbocycles. The largest absolute Gasteiger partial charge is 0.329 e. The molecule has 1 aliphatic rings. The quantitative estimate of drug-likeness (QED) is 0.742. The fraction of sp³-hybridized carbons (Fsp3) is 1.00. The molecule has 0 aliphatic carbocycles. The van der Waals surface area contributed by atoms with Crippen LogP contribution in [0.4, 0.5) is 0 Å². The Morgan fingerprint density at radius 2 is 1.88 bits per heavy atom. The Bertz CT molecular complexity index is 308. The van der Waals surface area contributed by atoms with E-state index in [1.807, 2.05) is 14.1 Å². The van der Waals surface area contributed by atoms with E-state index in [0.29, 0.717) is 19.1 Å². The first kappa shape index (κ1) is 13.9. The molecular formula is C10H23N3O2S. The number of rotatable bonds is 4. The Hall–Kier alpha value is -0.170. The molecule has 1 aliphatic heterocycles. The summed E-state index contributed by atoms with van der Waals surface area (Å²) in [6.07, 6.45) is 1.81. The lowest BCUT2D eigenvalue weighted by atomic mass is 10.1. The number of nitrogens with zero attached hydrogens (tertiary/aromatic N) is 2. The summed E-state index contributed by atoms with van der Waals surface area (Å²) >= 11 is 0. The first-order valence-corrected chi connectivity index (χ1v) is 7.25. The van der Waals surface area contributed by atoms with Crippen molar-refractivity contribution in [3.63, 3.8) is 0 Å². The molecule has 0 amide bonds. The van der Waals surface area contributed by atoms with Crippen LogP contribution >= 0.6 is 0 Å². The normalized spacial score (nSPS) is 22.6. The van der Waals surface area contributed by atoms with Crippen LogP contribution in [0.1, 0.15) is 19.8 Å². The Morgan fingerprint density at radius 3 is 2.25 bits per heavy atom. The molecule has 0 radical (unpaired) electrons. The van der Waals surface area contributed by atoms with Gasteiger partial charge in [0.05, 0.1) is 5.25 Å². The molecule has 1 rings (SSSR count). The van der Waals surface area contributed by atoms with E-state index < -0.39 is 15.3 Å². The average molecular weight is 249 g/mol. The van der Waals surface area contributed by atoms with Gasteiger partial charge in [0.2, 0.25) is 10.0 Å². The first-order chi connectivity index (χ1) is 7.39. The summed E-state index contributed by atoms with van der Waals surface area (Å²) in [4.78, 5) is 2.16. The smallest absolute Gasteiger partial charge is 0.217 e. The third kappa shape index (κ3) is 2.94. The highest BCUT2D eigenvalue weighted by molar-refractivity contribution is 7.89. The lowest BCUT2D eigenvalue weighted by Crippen LogP contribution is -2.48. The number of piperidine rings is 1. The molecule has 1 unspecified atom stereocenters. The van der Waals surface area contributed by atoms with Crippen molar-refractivity contribution in [1.82, 2.24) is 9.21 Å². The van der Waals surface area contributed by atoms with Crippen LogP contribution < -0.4 is 5.73 Å². The third-order valence-electron chi connectivity index (χ3n) is 3.35. The molecule has 1 atom stereocenters. The third-order valence-corrected chi connectivity index (χ3v) is 5.65. The van der Waals surface area contributed by atoms with Crippen molar-refractivity contribution in [2.24, 2.45) is 5.73 Å². The summed E-state index contributed by atoms with van der Waals surface area (Å²) in [5.74, 6) is 0. The molecule has 1 heterocycles. The molecule has 1 saturated heterocycles. The van der Waals surface area contributed by atoms with Gasteiger partial charge in [0.15, 0.2) is 0 Å². The zero-order chi connectivity index (χ0) is 12.3. The minimum absolute atomic E-state index is 0.190. The second-order valence-electron chi connectivity index (χ2n) is 4.69. The van der Waals surface area contributed by atoms with Crippen LogP contribution in [0.3, 0.4) is 0 Å². The highest BCUT2D eigenvalue weighted by Gasteiger charge is 2.31. The molecule has 5 nitrogen and oxygen atoms in total. The zero-order valence-electron chi connectivity index (χ0n) is 10.4. The molecule has 0 spiro atoms. The Kier molecular flexibility index (Phi) is 4.73. The van der Waals surface area contributed by atoms with E-state index in [-0.39, 0.29) is 6.54 Å². The van der Waals surface area contributed by atoms with Crippen molar-refractivity contribution in [2.75, 3.05) is 33.7 Å². The van der Waals surface area contributed by atoms with Crippen molar-refractivity contribution < 1.29 is 8.42 Å². The second kappa shape index (κ2) is 5.44. The molecule has 16 heavy (non-hydrogen) atoms. The number of sulfonamides is 1. The average Bonchev–Trinajstić information content (AvgIpc) is 2.28. The van der Waals surface area contributed by atoms with Crippen LogP contribution in [-0.2, 0) is 10.0 Å². The number of nitrogens with two attached hydrogens (primary N) is 1. The molecule has 0 bridgehead atoms. The van der Waals surface area contributed by atoms with Crippen LogP contribution in [0.5, 0.6) is 0 Å². The van der Waals surface area contributed by atoms with Gasteiger partial charge in [0.25, 0.3) is 0 Å². The van der Waals surface area contributed by atoms with Crippen molar-refractivity contribution in [1.29, 1.82) is 0 Å². The van der Waals surface area contributed by atoms with Gasteiger partial charge in [-0.2, -0.15) is 0 Å². The van der Waals surface area contributed by atoms with E-state index >= 15 is 0 Å². The van der Waals surface area contributed by atoms with Gasteiger partial charge in [-0.15, -0.1) is 0 Å². The standard InChI is InChI=1S/C10H23N3O2S/c1-9(8-11)16(14,15)13-6-4-10(5-7-13)12(2)3/h9-10H,4-8,11H2,1-3H3. The predicted octanol–water partition coefficient (Wildman–Crippen LogP) is -0.311. The summed E-state index contributed by atoms with van der Waals surface area (Å²) in [6, 6.07) is 0.500.